The van der Waals surface area contributed by atoms with Gasteiger partial charge < -0.3 is 15.5 Å². The van der Waals surface area contributed by atoms with E-state index in [2.05, 4.69) is 5.32 Å². The molecule has 0 aliphatic heterocycles. The molecule has 0 saturated heterocycles. The number of nitrogens with one attached hydrogen (secondary N) is 1. The Hall–Kier alpha value is -0.770. The summed E-state index contributed by atoms with van der Waals surface area (Å²) in [7, 11) is 0. The molecule has 0 spiro atoms. The van der Waals surface area contributed by atoms with E-state index in [1.807, 2.05) is 6.92 Å². The van der Waals surface area contributed by atoms with Gasteiger partial charge in [0.05, 0.1) is 11.1 Å². The molecular weight excluding hydrogens is 226 g/mol. The summed E-state index contributed by atoms with van der Waals surface area (Å²) in [5.41, 5.74) is 0.746. The zero-order chi connectivity index (χ0) is 12.0. The average molecular weight is 244 g/mol. The van der Waals surface area contributed by atoms with Crippen LogP contribution < -0.4 is 5.32 Å². The number of hydrogen-bond acceptors (Lipinski definition) is 3. The van der Waals surface area contributed by atoms with E-state index in [0.717, 1.165) is 18.4 Å². The summed E-state index contributed by atoms with van der Waals surface area (Å²) in [5, 5.41) is 22.6. The molecule has 1 atom stereocenters. The third-order valence-corrected chi connectivity index (χ3v) is 2.69. The molecule has 4 heteroatoms. The third-order valence-electron chi connectivity index (χ3n) is 2.39. The first-order chi connectivity index (χ1) is 7.65. The topological polar surface area (TPSA) is 52.5 Å². The van der Waals surface area contributed by atoms with E-state index in [0.29, 0.717) is 18.1 Å². The predicted molar refractivity (Wildman–Crippen MR) is 65.7 cm³/mol. The average Bonchev–Trinajstić information content (AvgIpc) is 2.25. The van der Waals surface area contributed by atoms with Crippen LogP contribution in [0.1, 0.15) is 25.3 Å². The van der Waals surface area contributed by atoms with Crippen LogP contribution in [0.4, 0.5) is 0 Å². The molecule has 1 aromatic carbocycles. The minimum absolute atomic E-state index is 0.113. The highest BCUT2D eigenvalue weighted by Gasteiger charge is 2.06. The molecule has 0 radical (unpaired) electrons. The van der Waals surface area contributed by atoms with Crippen LogP contribution in [0.3, 0.4) is 0 Å². The maximum Gasteiger partial charge on any atom is 0.138 e. The number of phenols is 1. The summed E-state index contributed by atoms with van der Waals surface area (Å²) in [5.74, 6) is 0.113. The first-order valence-corrected chi connectivity index (χ1v) is 5.88. The highest BCUT2D eigenvalue weighted by molar-refractivity contribution is 6.32. The van der Waals surface area contributed by atoms with Crippen molar-refractivity contribution in [2.75, 3.05) is 6.54 Å². The molecule has 1 unspecified atom stereocenters. The zero-order valence-electron chi connectivity index (χ0n) is 9.41. The lowest BCUT2D eigenvalue weighted by molar-refractivity contribution is 0.160. The quantitative estimate of drug-likeness (QED) is 0.719. The van der Waals surface area contributed by atoms with Crippen LogP contribution in [0.5, 0.6) is 5.75 Å². The molecule has 16 heavy (non-hydrogen) atoms. The maximum atomic E-state index is 9.63. The van der Waals surface area contributed by atoms with E-state index in [1.54, 1.807) is 18.2 Å². The Morgan fingerprint density at radius 3 is 2.88 bits per heavy atom. The van der Waals surface area contributed by atoms with Gasteiger partial charge in [0.25, 0.3) is 0 Å². The summed E-state index contributed by atoms with van der Waals surface area (Å²) in [6, 6.07) is 5.24. The molecule has 3 nitrogen and oxygen atoms in total. The number of rotatable bonds is 6. The van der Waals surface area contributed by atoms with Crippen molar-refractivity contribution in [3.05, 3.63) is 28.8 Å². The number of hydrogen-bond donors (Lipinski definition) is 3. The van der Waals surface area contributed by atoms with Gasteiger partial charge in [-0.15, -0.1) is 0 Å². The van der Waals surface area contributed by atoms with Crippen molar-refractivity contribution in [2.45, 2.75) is 32.4 Å². The molecule has 1 aromatic rings. The van der Waals surface area contributed by atoms with Crippen LogP contribution in [0.2, 0.25) is 5.02 Å². The number of aliphatic hydroxyl groups is 1. The summed E-state index contributed by atoms with van der Waals surface area (Å²) < 4.78 is 0. The van der Waals surface area contributed by atoms with Gasteiger partial charge in [-0.25, -0.2) is 0 Å². The first kappa shape index (κ1) is 13.3. The van der Waals surface area contributed by atoms with E-state index in [9.17, 15) is 10.2 Å². The van der Waals surface area contributed by atoms with Gasteiger partial charge in [-0.2, -0.15) is 0 Å². The van der Waals surface area contributed by atoms with Gasteiger partial charge in [-0.1, -0.05) is 37.1 Å². The molecule has 0 aliphatic rings. The number of phenolic OH excluding ortho intramolecular Hbond substituents is 1. The summed E-state index contributed by atoms with van der Waals surface area (Å²) >= 11 is 5.78. The van der Waals surface area contributed by atoms with Crippen LogP contribution in [0, 0.1) is 0 Å². The minimum atomic E-state index is -0.327. The molecule has 0 fully saturated rings. The predicted octanol–water partition coefficient (Wildman–Crippen LogP) is 2.30. The van der Waals surface area contributed by atoms with E-state index >= 15 is 0 Å². The molecule has 0 aliphatic carbocycles. The van der Waals surface area contributed by atoms with Crippen molar-refractivity contribution in [3.63, 3.8) is 0 Å². The Balaban J connectivity index is 2.40. The van der Waals surface area contributed by atoms with E-state index < -0.39 is 0 Å². The van der Waals surface area contributed by atoms with Crippen LogP contribution >= 0.6 is 11.6 Å². The molecule has 90 valence electrons. The van der Waals surface area contributed by atoms with Gasteiger partial charge in [0.1, 0.15) is 5.75 Å². The lowest BCUT2D eigenvalue weighted by Gasteiger charge is -2.11. The second-order valence-electron chi connectivity index (χ2n) is 3.82. The largest absolute Gasteiger partial charge is 0.506 e. The van der Waals surface area contributed by atoms with Crippen molar-refractivity contribution in [2.24, 2.45) is 0 Å². The maximum absolute atomic E-state index is 9.63. The molecular formula is C12H18ClNO2. The Kier molecular flexibility index (Phi) is 5.60. The van der Waals surface area contributed by atoms with Gasteiger partial charge in [0.15, 0.2) is 0 Å². The van der Waals surface area contributed by atoms with Crippen molar-refractivity contribution in [1.29, 1.82) is 0 Å². The number of aromatic hydroxyl groups is 1. The van der Waals surface area contributed by atoms with Crippen molar-refractivity contribution in [3.8, 4) is 5.75 Å². The number of para-hydroxylation sites is 1. The van der Waals surface area contributed by atoms with Crippen molar-refractivity contribution < 1.29 is 10.2 Å². The van der Waals surface area contributed by atoms with Gasteiger partial charge in [0, 0.05) is 18.7 Å². The van der Waals surface area contributed by atoms with Gasteiger partial charge in [-0.05, 0) is 12.5 Å². The van der Waals surface area contributed by atoms with Crippen LogP contribution in [0.25, 0.3) is 0 Å². The zero-order valence-corrected chi connectivity index (χ0v) is 10.2. The smallest absolute Gasteiger partial charge is 0.138 e. The van der Waals surface area contributed by atoms with Crippen LogP contribution in [-0.4, -0.2) is 22.9 Å². The van der Waals surface area contributed by atoms with E-state index in [1.165, 1.54) is 0 Å². The number of benzene rings is 1. The highest BCUT2D eigenvalue weighted by Crippen LogP contribution is 2.26. The first-order valence-electron chi connectivity index (χ1n) is 5.50. The minimum Gasteiger partial charge on any atom is -0.506 e. The Morgan fingerprint density at radius 1 is 1.44 bits per heavy atom. The second kappa shape index (κ2) is 6.74. The number of halogens is 1. The van der Waals surface area contributed by atoms with Crippen molar-refractivity contribution in [1.82, 2.24) is 5.32 Å². The molecule has 0 amide bonds. The summed E-state index contributed by atoms with van der Waals surface area (Å²) in [4.78, 5) is 0. The Morgan fingerprint density at radius 2 is 2.19 bits per heavy atom. The molecule has 0 saturated carbocycles. The van der Waals surface area contributed by atoms with Crippen molar-refractivity contribution >= 4 is 11.6 Å². The van der Waals surface area contributed by atoms with Gasteiger partial charge >= 0.3 is 0 Å². The lowest BCUT2D eigenvalue weighted by Crippen LogP contribution is -2.26. The monoisotopic (exact) mass is 243 g/mol. The lowest BCUT2D eigenvalue weighted by atomic mass is 10.2. The summed E-state index contributed by atoms with van der Waals surface area (Å²) in [6.07, 6.45) is 1.42. The molecule has 0 heterocycles. The van der Waals surface area contributed by atoms with E-state index in [4.69, 9.17) is 11.6 Å². The van der Waals surface area contributed by atoms with Crippen LogP contribution in [-0.2, 0) is 6.54 Å². The van der Waals surface area contributed by atoms with Gasteiger partial charge in [0.2, 0.25) is 0 Å². The van der Waals surface area contributed by atoms with Crippen LogP contribution in [0.15, 0.2) is 18.2 Å². The standard InChI is InChI=1S/C12H18ClNO2/c1-2-4-10(15)8-14-7-9-5-3-6-11(13)12(9)16/h3,5-6,10,14-16H,2,4,7-8H2,1H3. The van der Waals surface area contributed by atoms with Gasteiger partial charge in [-0.3, -0.25) is 0 Å². The Labute approximate surface area is 101 Å². The fraction of sp³-hybridized carbons (Fsp3) is 0.500. The highest BCUT2D eigenvalue weighted by atomic mass is 35.5. The number of aliphatic hydroxyl groups excluding tert-OH is 1. The normalized spacial score (nSPS) is 12.7. The van der Waals surface area contributed by atoms with E-state index in [-0.39, 0.29) is 11.9 Å². The molecule has 0 aromatic heterocycles. The second-order valence-corrected chi connectivity index (χ2v) is 4.23. The third kappa shape index (κ3) is 4.00. The fourth-order valence-electron chi connectivity index (χ4n) is 1.51. The fourth-order valence-corrected chi connectivity index (χ4v) is 1.71. The molecule has 3 N–H and O–H groups in total. The summed E-state index contributed by atoms with van der Waals surface area (Å²) in [6.45, 7) is 3.07. The molecule has 0 bridgehead atoms. The molecule has 1 rings (SSSR count). The SMILES string of the molecule is CCCC(O)CNCc1cccc(Cl)c1O. The Bertz CT molecular complexity index is 331.